The van der Waals surface area contributed by atoms with Crippen molar-refractivity contribution < 1.29 is 14.3 Å². The van der Waals surface area contributed by atoms with Gasteiger partial charge in [-0.25, -0.2) is 4.79 Å². The van der Waals surface area contributed by atoms with E-state index >= 15 is 0 Å². The van der Waals surface area contributed by atoms with Crippen LogP contribution in [-0.2, 0) is 9.53 Å². The third kappa shape index (κ3) is 3.21. The molecule has 1 aliphatic carbocycles. The van der Waals surface area contributed by atoms with Gasteiger partial charge >= 0.3 is 6.03 Å². The van der Waals surface area contributed by atoms with E-state index in [1.54, 1.807) is 4.90 Å². The van der Waals surface area contributed by atoms with Crippen LogP contribution in [0, 0.1) is 0 Å². The molecule has 3 aliphatic rings. The Kier molecular flexibility index (Phi) is 4.10. The number of amides is 3. The van der Waals surface area contributed by atoms with Gasteiger partial charge in [0.1, 0.15) is 6.61 Å². The normalized spacial score (nSPS) is 31.9. The van der Waals surface area contributed by atoms with E-state index in [4.69, 9.17) is 16.3 Å². The number of halogens is 1. The van der Waals surface area contributed by atoms with Crippen molar-refractivity contribution in [2.75, 3.05) is 19.7 Å². The smallest absolute Gasteiger partial charge is 0.317 e. The van der Waals surface area contributed by atoms with Crippen molar-refractivity contribution in [3.05, 3.63) is 34.9 Å². The number of fused-ring (bicyclic) bond motifs is 1. The number of carbonyl (C=O) groups is 2. The van der Waals surface area contributed by atoms with Crippen LogP contribution in [0.1, 0.15) is 24.3 Å². The van der Waals surface area contributed by atoms with Crippen LogP contribution in [-0.4, -0.2) is 54.7 Å². The van der Waals surface area contributed by atoms with Gasteiger partial charge in [-0.05, 0) is 30.5 Å². The molecule has 0 unspecified atom stereocenters. The predicted octanol–water partition coefficient (Wildman–Crippen LogP) is 1.49. The molecule has 0 spiro atoms. The number of piperidine rings is 1. The average Bonchev–Trinajstić information content (AvgIpc) is 3.34. The monoisotopic (exact) mass is 349 g/mol. The lowest BCUT2D eigenvalue weighted by Crippen LogP contribution is -2.62. The van der Waals surface area contributed by atoms with Crippen LogP contribution in [0.25, 0.3) is 0 Å². The number of rotatable bonds is 2. The molecule has 1 aromatic carbocycles. The average molecular weight is 350 g/mol. The SMILES string of the molecule is O=C1CO[C@@H]2CCN(C(=O)N[C@@H]3C[C@H]3c3ccc(Cl)cc3)C[C@H]2N1. The van der Waals surface area contributed by atoms with E-state index in [1.807, 2.05) is 24.3 Å². The molecule has 6 nitrogen and oxygen atoms in total. The summed E-state index contributed by atoms with van der Waals surface area (Å²) in [5.41, 5.74) is 1.20. The molecule has 1 aromatic rings. The molecule has 128 valence electrons. The highest BCUT2D eigenvalue weighted by Crippen LogP contribution is 2.41. The van der Waals surface area contributed by atoms with Crippen LogP contribution >= 0.6 is 11.6 Å². The largest absolute Gasteiger partial charge is 0.366 e. The molecule has 4 rings (SSSR count). The van der Waals surface area contributed by atoms with E-state index in [2.05, 4.69) is 10.6 Å². The Hall–Kier alpha value is -1.79. The topological polar surface area (TPSA) is 70.7 Å². The van der Waals surface area contributed by atoms with Crippen molar-refractivity contribution in [3.8, 4) is 0 Å². The lowest BCUT2D eigenvalue weighted by atomic mass is 10.0. The van der Waals surface area contributed by atoms with Gasteiger partial charge in [-0.2, -0.15) is 0 Å². The molecule has 24 heavy (non-hydrogen) atoms. The number of hydrogen-bond acceptors (Lipinski definition) is 3. The number of benzene rings is 1. The van der Waals surface area contributed by atoms with Gasteiger partial charge < -0.3 is 20.3 Å². The first kappa shape index (κ1) is 15.7. The number of hydrogen-bond donors (Lipinski definition) is 2. The Bertz CT molecular complexity index is 651. The zero-order valence-corrected chi connectivity index (χ0v) is 14.0. The van der Waals surface area contributed by atoms with E-state index in [-0.39, 0.29) is 36.7 Å². The minimum atomic E-state index is -0.108. The highest BCUT2D eigenvalue weighted by Gasteiger charge is 2.42. The number of ether oxygens (including phenoxy) is 1. The van der Waals surface area contributed by atoms with Gasteiger partial charge in [0.25, 0.3) is 0 Å². The molecule has 2 aliphatic heterocycles. The van der Waals surface area contributed by atoms with Gasteiger partial charge in [0.05, 0.1) is 12.1 Å². The first-order chi connectivity index (χ1) is 11.6. The Morgan fingerprint density at radius 2 is 2.12 bits per heavy atom. The maximum atomic E-state index is 12.5. The van der Waals surface area contributed by atoms with Gasteiger partial charge in [-0.15, -0.1) is 0 Å². The van der Waals surface area contributed by atoms with Crippen LogP contribution in [0.2, 0.25) is 5.02 Å². The zero-order valence-electron chi connectivity index (χ0n) is 13.2. The fourth-order valence-corrected chi connectivity index (χ4v) is 3.69. The predicted molar refractivity (Wildman–Crippen MR) is 89.0 cm³/mol. The van der Waals surface area contributed by atoms with Crippen LogP contribution in [0.3, 0.4) is 0 Å². The quantitative estimate of drug-likeness (QED) is 0.850. The number of urea groups is 1. The second kappa shape index (κ2) is 6.26. The molecule has 7 heteroatoms. The summed E-state index contributed by atoms with van der Waals surface area (Å²) in [6.07, 6.45) is 1.73. The van der Waals surface area contributed by atoms with Crippen LogP contribution < -0.4 is 10.6 Å². The van der Waals surface area contributed by atoms with Crippen molar-refractivity contribution in [2.45, 2.75) is 36.9 Å². The number of carbonyl (C=O) groups excluding carboxylic acids is 2. The van der Waals surface area contributed by atoms with E-state index < -0.39 is 0 Å². The molecule has 3 amide bonds. The van der Waals surface area contributed by atoms with Crippen molar-refractivity contribution in [2.24, 2.45) is 0 Å². The second-order valence-corrected chi connectivity index (χ2v) is 7.14. The standard InChI is InChI=1S/C17H20ClN3O3/c18-11-3-1-10(2-4-11)12-7-13(12)20-17(23)21-6-5-15-14(8-21)19-16(22)9-24-15/h1-4,12-15H,5-9H2,(H,19,22)(H,20,23)/t12-,13+,14+,15+/m0/s1. The first-order valence-corrected chi connectivity index (χ1v) is 8.70. The zero-order chi connectivity index (χ0) is 16.7. The molecule has 2 N–H and O–H groups in total. The highest BCUT2D eigenvalue weighted by molar-refractivity contribution is 6.30. The second-order valence-electron chi connectivity index (χ2n) is 6.71. The number of likely N-dealkylation sites (tertiary alicyclic amines) is 1. The minimum absolute atomic E-state index is 0.0227. The highest BCUT2D eigenvalue weighted by atomic mass is 35.5. The van der Waals surface area contributed by atoms with Gasteiger partial charge in [-0.3, -0.25) is 4.79 Å². The third-order valence-corrected chi connectivity index (χ3v) is 5.26. The van der Waals surface area contributed by atoms with Crippen molar-refractivity contribution in [1.82, 2.24) is 15.5 Å². The van der Waals surface area contributed by atoms with Crippen molar-refractivity contribution in [1.29, 1.82) is 0 Å². The molecule has 2 saturated heterocycles. The number of morpholine rings is 1. The Morgan fingerprint density at radius 3 is 2.92 bits per heavy atom. The van der Waals surface area contributed by atoms with E-state index in [9.17, 15) is 9.59 Å². The molecule has 3 fully saturated rings. The molecular formula is C17H20ClN3O3. The summed E-state index contributed by atoms with van der Waals surface area (Å²) in [7, 11) is 0. The summed E-state index contributed by atoms with van der Waals surface area (Å²) in [4.78, 5) is 25.7. The summed E-state index contributed by atoms with van der Waals surface area (Å²) in [6, 6.07) is 7.80. The number of nitrogens with one attached hydrogen (secondary N) is 2. The molecule has 1 saturated carbocycles. The van der Waals surface area contributed by atoms with Crippen molar-refractivity contribution in [3.63, 3.8) is 0 Å². The summed E-state index contributed by atoms with van der Waals surface area (Å²) in [5, 5.41) is 6.73. The molecule has 0 bridgehead atoms. The van der Waals surface area contributed by atoms with Gasteiger partial charge in [-0.1, -0.05) is 23.7 Å². The van der Waals surface area contributed by atoms with Gasteiger partial charge in [0.15, 0.2) is 0 Å². The van der Waals surface area contributed by atoms with Crippen molar-refractivity contribution >= 4 is 23.5 Å². The lowest BCUT2D eigenvalue weighted by Gasteiger charge is -2.41. The molecule has 0 aromatic heterocycles. The van der Waals surface area contributed by atoms with E-state index in [0.29, 0.717) is 19.0 Å². The summed E-state index contributed by atoms with van der Waals surface area (Å²) < 4.78 is 5.52. The summed E-state index contributed by atoms with van der Waals surface area (Å²) >= 11 is 5.91. The summed E-state index contributed by atoms with van der Waals surface area (Å²) in [5.74, 6) is 0.255. The van der Waals surface area contributed by atoms with Gasteiger partial charge in [0.2, 0.25) is 5.91 Å². The summed E-state index contributed by atoms with van der Waals surface area (Å²) in [6.45, 7) is 1.28. The third-order valence-electron chi connectivity index (χ3n) is 5.01. The molecule has 0 radical (unpaired) electrons. The Balaban J connectivity index is 1.31. The fraction of sp³-hybridized carbons (Fsp3) is 0.529. The lowest BCUT2D eigenvalue weighted by molar-refractivity contribution is -0.139. The first-order valence-electron chi connectivity index (χ1n) is 8.32. The Labute approximate surface area is 145 Å². The fourth-order valence-electron chi connectivity index (χ4n) is 3.57. The molecule has 4 atom stereocenters. The minimum Gasteiger partial charge on any atom is -0.366 e. The van der Waals surface area contributed by atoms with Gasteiger partial charge in [0, 0.05) is 30.1 Å². The van der Waals surface area contributed by atoms with E-state index in [1.165, 1.54) is 5.56 Å². The van der Waals surface area contributed by atoms with E-state index in [0.717, 1.165) is 17.9 Å². The van der Waals surface area contributed by atoms with Crippen LogP contribution in [0.5, 0.6) is 0 Å². The molecular weight excluding hydrogens is 330 g/mol. The molecule has 2 heterocycles. The Morgan fingerprint density at radius 1 is 1.33 bits per heavy atom. The van der Waals surface area contributed by atoms with Crippen LogP contribution in [0.15, 0.2) is 24.3 Å². The number of nitrogens with zero attached hydrogens (tertiary/aromatic N) is 1. The maximum absolute atomic E-state index is 12.5. The maximum Gasteiger partial charge on any atom is 0.317 e. The van der Waals surface area contributed by atoms with Crippen LogP contribution in [0.4, 0.5) is 4.79 Å².